The summed E-state index contributed by atoms with van der Waals surface area (Å²) in [7, 11) is -1.19. The van der Waals surface area contributed by atoms with Gasteiger partial charge in [-0.2, -0.15) is 0 Å². The fourth-order valence-corrected chi connectivity index (χ4v) is 4.35. The first-order valence-corrected chi connectivity index (χ1v) is 9.84. The monoisotopic (exact) mass is 319 g/mol. The third-order valence-corrected chi connectivity index (χ3v) is 6.33. The Balaban J connectivity index is 0.00000128. The van der Waals surface area contributed by atoms with E-state index < -0.39 is 8.07 Å². The van der Waals surface area contributed by atoms with Gasteiger partial charge >= 0.3 is 105 Å². The van der Waals surface area contributed by atoms with E-state index in [2.05, 4.69) is 71.3 Å². The Morgan fingerprint density at radius 3 is 2.24 bits per heavy atom. The smallest absolute Gasteiger partial charge is 1.00 e. The van der Waals surface area contributed by atoms with E-state index in [1.807, 2.05) is 0 Å². The minimum absolute atomic E-state index is 0. The van der Waals surface area contributed by atoms with E-state index in [9.17, 15) is 0 Å². The molecule has 2 rings (SSSR count). The van der Waals surface area contributed by atoms with Crippen molar-refractivity contribution in [2.75, 3.05) is 0 Å². The third-order valence-electron chi connectivity index (χ3n) is 3.09. The van der Waals surface area contributed by atoms with Gasteiger partial charge in [-0.15, -0.1) is 0 Å². The molecule has 1 unspecified atom stereocenters. The average molecular weight is 320 g/mol. The van der Waals surface area contributed by atoms with Gasteiger partial charge in [-0.25, -0.2) is 0 Å². The van der Waals surface area contributed by atoms with Gasteiger partial charge in [0.2, 0.25) is 0 Å². The van der Waals surface area contributed by atoms with Crippen LogP contribution in [0.15, 0.2) is 23.8 Å². The molecule has 1 aromatic rings. The summed E-state index contributed by atoms with van der Waals surface area (Å²) >= 11 is 2.31. The van der Waals surface area contributed by atoms with Crippen LogP contribution in [0.2, 0.25) is 19.6 Å². The standard InChI is InChI=1S/C13H17Si.2ClH.Ti/c1-10-8-11-6-5-7-13(12(11)9-10)14(2,3)4;;;/h5-9H,1-4H3;2*1H;/q;;;+2/p-2. The van der Waals surface area contributed by atoms with Gasteiger partial charge in [0.05, 0.1) is 0 Å². The number of halogens is 2. The predicted molar refractivity (Wildman–Crippen MR) is 65.8 cm³/mol. The van der Waals surface area contributed by atoms with Crippen molar-refractivity contribution in [1.82, 2.24) is 0 Å². The molecule has 0 radical (unpaired) electrons. The molecule has 0 heterocycles. The zero-order valence-corrected chi connectivity index (χ0v) is 14.7. The van der Waals surface area contributed by atoms with Crippen LogP contribution in [0.1, 0.15) is 22.3 Å². The Morgan fingerprint density at radius 1 is 1.12 bits per heavy atom. The molecule has 0 spiro atoms. The van der Waals surface area contributed by atoms with E-state index in [4.69, 9.17) is 0 Å². The van der Waals surface area contributed by atoms with Gasteiger partial charge in [0, 0.05) is 0 Å². The first-order valence-electron chi connectivity index (χ1n) is 5.44. The fourth-order valence-electron chi connectivity index (χ4n) is 2.21. The molecule has 0 amide bonds. The molecule has 0 fully saturated rings. The van der Waals surface area contributed by atoms with Gasteiger partial charge in [0.25, 0.3) is 0 Å². The molecule has 17 heavy (non-hydrogen) atoms. The second-order valence-corrected chi connectivity index (χ2v) is 11.3. The Labute approximate surface area is 130 Å². The van der Waals surface area contributed by atoms with Gasteiger partial charge in [-0.3, -0.25) is 0 Å². The van der Waals surface area contributed by atoms with E-state index in [1.54, 1.807) is 5.19 Å². The maximum absolute atomic E-state index is 2.43. The Kier molecular flexibility index (Phi) is 6.25. The van der Waals surface area contributed by atoms with Gasteiger partial charge in [0.1, 0.15) is 0 Å². The molecule has 1 aromatic carbocycles. The van der Waals surface area contributed by atoms with Crippen LogP contribution in [0.5, 0.6) is 0 Å². The van der Waals surface area contributed by atoms with Crippen molar-refractivity contribution in [2.24, 2.45) is 0 Å². The Morgan fingerprint density at radius 2 is 1.71 bits per heavy atom. The van der Waals surface area contributed by atoms with E-state index in [-0.39, 0.29) is 24.8 Å². The van der Waals surface area contributed by atoms with E-state index >= 15 is 0 Å². The molecule has 1 aliphatic rings. The summed E-state index contributed by atoms with van der Waals surface area (Å²) in [5, 5.41) is 1.61. The fraction of sp³-hybridized carbons (Fsp3) is 0.385. The van der Waals surface area contributed by atoms with Gasteiger partial charge in [0.15, 0.2) is 0 Å². The van der Waals surface area contributed by atoms with Crippen LogP contribution < -0.4 is 30.0 Å². The normalized spacial score (nSPS) is 17.8. The van der Waals surface area contributed by atoms with Crippen LogP contribution in [0.25, 0.3) is 6.08 Å². The van der Waals surface area contributed by atoms with E-state index in [0.717, 1.165) is 0 Å². The van der Waals surface area contributed by atoms with Gasteiger partial charge in [-0.05, 0) is 0 Å². The van der Waals surface area contributed by atoms with Crippen molar-refractivity contribution < 1.29 is 45.2 Å². The van der Waals surface area contributed by atoms with Crippen LogP contribution in [0.4, 0.5) is 0 Å². The largest absolute Gasteiger partial charge is 1.00 e. The Hall–Kier alpha value is 0.471. The van der Waals surface area contributed by atoms with Crippen molar-refractivity contribution in [1.29, 1.82) is 0 Å². The summed E-state index contributed by atoms with van der Waals surface area (Å²) < 4.78 is 0.622. The minimum Gasteiger partial charge on any atom is -1.00 e. The summed E-state index contributed by atoms with van der Waals surface area (Å²) in [5.74, 6) is 0. The zero-order valence-electron chi connectivity index (χ0n) is 10.6. The summed E-state index contributed by atoms with van der Waals surface area (Å²) in [6.45, 7) is 9.52. The molecule has 91 valence electrons. The van der Waals surface area contributed by atoms with Crippen LogP contribution in [-0.2, 0) is 20.4 Å². The number of hydrogen-bond donors (Lipinski definition) is 0. The second-order valence-electron chi connectivity index (χ2n) is 5.38. The molecule has 0 aliphatic heterocycles. The molecular weight excluding hydrogens is 303 g/mol. The molecular formula is C13H17Cl2SiTi. The first-order chi connectivity index (χ1) is 6.91. The van der Waals surface area contributed by atoms with E-state index in [0.29, 0.717) is 4.22 Å². The van der Waals surface area contributed by atoms with Crippen molar-refractivity contribution in [3.8, 4) is 0 Å². The average Bonchev–Trinajstić information content (AvgIpc) is 2.41. The van der Waals surface area contributed by atoms with Crippen LogP contribution >= 0.6 is 0 Å². The molecule has 4 heteroatoms. The minimum atomic E-state index is -1.19. The summed E-state index contributed by atoms with van der Waals surface area (Å²) in [6, 6.07) is 6.85. The first kappa shape index (κ1) is 17.5. The summed E-state index contributed by atoms with van der Waals surface area (Å²) in [6.07, 6.45) is 2.40. The van der Waals surface area contributed by atoms with Crippen molar-refractivity contribution in [3.05, 3.63) is 34.9 Å². The number of benzene rings is 1. The molecule has 0 nitrogen and oxygen atoms in total. The molecule has 0 saturated carbocycles. The quantitative estimate of drug-likeness (QED) is 0.492. The number of hydrogen-bond acceptors (Lipinski definition) is 0. The molecule has 0 N–H and O–H groups in total. The topological polar surface area (TPSA) is 0 Å². The van der Waals surface area contributed by atoms with Crippen molar-refractivity contribution >= 4 is 19.3 Å². The zero-order chi connectivity index (χ0) is 11.2. The third kappa shape index (κ3) is 3.27. The van der Waals surface area contributed by atoms with Gasteiger partial charge in [-0.1, -0.05) is 0 Å². The number of rotatable bonds is 1. The van der Waals surface area contributed by atoms with Crippen LogP contribution in [-0.4, -0.2) is 8.07 Å². The van der Waals surface area contributed by atoms with Crippen LogP contribution in [0, 0.1) is 0 Å². The van der Waals surface area contributed by atoms with Crippen LogP contribution in [0.3, 0.4) is 0 Å². The number of fused-ring (bicyclic) bond motifs is 1. The predicted octanol–water partition coefficient (Wildman–Crippen LogP) is -2.76. The maximum Gasteiger partial charge on any atom is -1.00 e. The van der Waals surface area contributed by atoms with Crippen molar-refractivity contribution in [3.63, 3.8) is 0 Å². The molecule has 1 atom stereocenters. The Bertz CT molecular complexity index is 436. The number of allylic oxidation sites excluding steroid dienone is 1. The SMILES string of the molecule is CC1=Cc2c(cccc2[Si](C)(C)C)[CH]1[Ti+2].[Cl-].[Cl-]. The van der Waals surface area contributed by atoms with E-state index in [1.165, 1.54) is 16.7 Å². The molecule has 0 bridgehead atoms. The molecule has 0 saturated heterocycles. The molecule has 0 aromatic heterocycles. The second kappa shape index (κ2) is 6.08. The summed E-state index contributed by atoms with van der Waals surface area (Å²) in [4.78, 5) is 0. The molecule has 1 aliphatic carbocycles. The maximum atomic E-state index is 2.43. The van der Waals surface area contributed by atoms with Gasteiger partial charge < -0.3 is 24.8 Å². The van der Waals surface area contributed by atoms with Crippen molar-refractivity contribution in [2.45, 2.75) is 30.8 Å². The summed E-state index contributed by atoms with van der Waals surface area (Å²) in [5.41, 5.74) is 4.57.